The molecule has 0 aliphatic heterocycles. The largest absolute Gasteiger partial charge is 0.383 e. The van der Waals surface area contributed by atoms with Gasteiger partial charge in [0.2, 0.25) is 0 Å². The Balaban J connectivity index is 2.56. The van der Waals surface area contributed by atoms with Crippen LogP contribution in [0.15, 0.2) is 24.3 Å². The van der Waals surface area contributed by atoms with E-state index in [-0.39, 0.29) is 17.9 Å². The van der Waals surface area contributed by atoms with E-state index in [2.05, 4.69) is 5.32 Å². The van der Waals surface area contributed by atoms with Gasteiger partial charge in [0, 0.05) is 19.2 Å². The third kappa shape index (κ3) is 3.98. The van der Waals surface area contributed by atoms with Crippen molar-refractivity contribution in [3.05, 3.63) is 35.6 Å². The molecule has 0 aliphatic carbocycles. The molecule has 0 heterocycles. The van der Waals surface area contributed by atoms with Gasteiger partial charge in [0.1, 0.15) is 5.82 Å². The maximum absolute atomic E-state index is 13.0. The Labute approximate surface area is 90.4 Å². The zero-order valence-electron chi connectivity index (χ0n) is 9.46. The van der Waals surface area contributed by atoms with Crippen LogP contribution in [0, 0.1) is 5.82 Å². The SMILES string of the molecule is COCC(C)NC(C)c1cccc(F)c1. The average molecular weight is 211 g/mol. The molecular formula is C12H18FNO. The smallest absolute Gasteiger partial charge is 0.123 e. The lowest BCUT2D eigenvalue weighted by molar-refractivity contribution is 0.167. The van der Waals surface area contributed by atoms with Gasteiger partial charge >= 0.3 is 0 Å². The van der Waals surface area contributed by atoms with Crippen molar-refractivity contribution >= 4 is 0 Å². The molecular weight excluding hydrogens is 193 g/mol. The molecule has 0 saturated carbocycles. The molecule has 0 aliphatic rings. The number of benzene rings is 1. The summed E-state index contributed by atoms with van der Waals surface area (Å²) in [6.07, 6.45) is 0. The highest BCUT2D eigenvalue weighted by Gasteiger charge is 2.09. The Kier molecular flexibility index (Phi) is 4.72. The molecule has 2 unspecified atom stereocenters. The molecule has 0 bridgehead atoms. The minimum absolute atomic E-state index is 0.130. The molecule has 15 heavy (non-hydrogen) atoms. The van der Waals surface area contributed by atoms with E-state index in [1.165, 1.54) is 6.07 Å². The topological polar surface area (TPSA) is 21.3 Å². The monoisotopic (exact) mass is 211 g/mol. The van der Waals surface area contributed by atoms with Crippen molar-refractivity contribution in [3.8, 4) is 0 Å². The Hall–Kier alpha value is -0.930. The number of ether oxygens (including phenoxy) is 1. The van der Waals surface area contributed by atoms with Crippen LogP contribution in [-0.4, -0.2) is 19.8 Å². The molecule has 3 heteroatoms. The van der Waals surface area contributed by atoms with E-state index in [0.29, 0.717) is 6.61 Å². The van der Waals surface area contributed by atoms with Gasteiger partial charge in [-0.3, -0.25) is 0 Å². The Bertz CT molecular complexity index is 303. The van der Waals surface area contributed by atoms with E-state index < -0.39 is 0 Å². The fourth-order valence-corrected chi connectivity index (χ4v) is 1.60. The zero-order valence-corrected chi connectivity index (χ0v) is 9.46. The van der Waals surface area contributed by atoms with E-state index in [0.717, 1.165) is 5.56 Å². The molecule has 0 amide bonds. The molecule has 1 aromatic carbocycles. The lowest BCUT2D eigenvalue weighted by atomic mass is 10.1. The predicted molar refractivity (Wildman–Crippen MR) is 59.3 cm³/mol. The molecule has 1 aromatic rings. The summed E-state index contributed by atoms with van der Waals surface area (Å²) in [5.41, 5.74) is 0.956. The molecule has 0 fully saturated rings. The highest BCUT2D eigenvalue weighted by molar-refractivity contribution is 5.19. The number of rotatable bonds is 5. The number of nitrogens with one attached hydrogen (secondary N) is 1. The van der Waals surface area contributed by atoms with E-state index in [9.17, 15) is 4.39 Å². The lowest BCUT2D eigenvalue weighted by Gasteiger charge is -2.19. The van der Waals surface area contributed by atoms with Gasteiger partial charge in [0.25, 0.3) is 0 Å². The van der Waals surface area contributed by atoms with Crippen molar-refractivity contribution in [1.29, 1.82) is 0 Å². The molecule has 2 nitrogen and oxygen atoms in total. The summed E-state index contributed by atoms with van der Waals surface area (Å²) in [7, 11) is 1.67. The first-order chi connectivity index (χ1) is 7.13. The maximum atomic E-state index is 13.0. The average Bonchev–Trinajstić information content (AvgIpc) is 2.18. The second-order valence-corrected chi connectivity index (χ2v) is 3.80. The van der Waals surface area contributed by atoms with Gasteiger partial charge in [-0.1, -0.05) is 12.1 Å². The summed E-state index contributed by atoms with van der Waals surface area (Å²) in [4.78, 5) is 0. The summed E-state index contributed by atoms with van der Waals surface area (Å²) in [5.74, 6) is -0.194. The first-order valence-corrected chi connectivity index (χ1v) is 5.14. The standard InChI is InChI=1S/C12H18FNO/c1-9(8-15-3)14-10(2)11-5-4-6-12(13)7-11/h4-7,9-10,14H,8H2,1-3H3. The molecule has 0 saturated heterocycles. The summed E-state index contributed by atoms with van der Waals surface area (Å²) in [6, 6.07) is 7.04. The van der Waals surface area contributed by atoms with Crippen LogP contribution >= 0.6 is 0 Å². The van der Waals surface area contributed by atoms with Gasteiger partial charge in [0.15, 0.2) is 0 Å². The van der Waals surface area contributed by atoms with Gasteiger partial charge in [-0.25, -0.2) is 4.39 Å². The predicted octanol–water partition coefficient (Wildman–Crippen LogP) is 2.51. The number of halogens is 1. The maximum Gasteiger partial charge on any atom is 0.123 e. The number of hydrogen-bond acceptors (Lipinski definition) is 2. The van der Waals surface area contributed by atoms with Crippen LogP contribution in [0.1, 0.15) is 25.5 Å². The normalized spacial score (nSPS) is 14.9. The minimum Gasteiger partial charge on any atom is -0.383 e. The van der Waals surface area contributed by atoms with Gasteiger partial charge < -0.3 is 10.1 Å². The molecule has 1 N–H and O–H groups in total. The van der Waals surface area contributed by atoms with Crippen molar-refractivity contribution in [2.45, 2.75) is 25.9 Å². The molecule has 0 radical (unpaired) electrons. The van der Waals surface area contributed by atoms with Crippen molar-refractivity contribution in [3.63, 3.8) is 0 Å². The first-order valence-electron chi connectivity index (χ1n) is 5.14. The Morgan fingerprint density at radius 2 is 2.13 bits per heavy atom. The van der Waals surface area contributed by atoms with Gasteiger partial charge in [0.05, 0.1) is 6.61 Å². The Morgan fingerprint density at radius 1 is 1.40 bits per heavy atom. The molecule has 0 aromatic heterocycles. The second kappa shape index (κ2) is 5.83. The van der Waals surface area contributed by atoms with Crippen molar-refractivity contribution in [2.75, 3.05) is 13.7 Å². The van der Waals surface area contributed by atoms with E-state index in [4.69, 9.17) is 4.74 Å². The third-order valence-corrected chi connectivity index (χ3v) is 2.30. The van der Waals surface area contributed by atoms with Crippen LogP contribution in [0.5, 0.6) is 0 Å². The quantitative estimate of drug-likeness (QED) is 0.808. The van der Waals surface area contributed by atoms with Crippen molar-refractivity contribution in [2.24, 2.45) is 0 Å². The summed E-state index contributed by atoms with van der Waals surface area (Å²) in [6.45, 7) is 4.71. The van der Waals surface area contributed by atoms with Crippen LogP contribution < -0.4 is 5.32 Å². The molecule has 84 valence electrons. The molecule has 0 spiro atoms. The van der Waals surface area contributed by atoms with E-state index in [1.54, 1.807) is 19.2 Å². The highest BCUT2D eigenvalue weighted by Crippen LogP contribution is 2.13. The van der Waals surface area contributed by atoms with Crippen molar-refractivity contribution in [1.82, 2.24) is 5.32 Å². The van der Waals surface area contributed by atoms with Crippen LogP contribution in [0.3, 0.4) is 0 Å². The van der Waals surface area contributed by atoms with Gasteiger partial charge in [-0.2, -0.15) is 0 Å². The van der Waals surface area contributed by atoms with Crippen LogP contribution in [0.2, 0.25) is 0 Å². The summed E-state index contributed by atoms with van der Waals surface area (Å²) < 4.78 is 18.0. The van der Waals surface area contributed by atoms with E-state index >= 15 is 0 Å². The van der Waals surface area contributed by atoms with Gasteiger partial charge in [-0.15, -0.1) is 0 Å². The van der Waals surface area contributed by atoms with E-state index in [1.807, 2.05) is 19.9 Å². The van der Waals surface area contributed by atoms with Crippen molar-refractivity contribution < 1.29 is 9.13 Å². The summed E-state index contributed by atoms with van der Waals surface area (Å²) >= 11 is 0. The third-order valence-electron chi connectivity index (χ3n) is 2.30. The van der Waals surface area contributed by atoms with Crippen LogP contribution in [0.25, 0.3) is 0 Å². The zero-order chi connectivity index (χ0) is 11.3. The minimum atomic E-state index is -0.194. The fraction of sp³-hybridized carbons (Fsp3) is 0.500. The first kappa shape index (κ1) is 12.1. The van der Waals surface area contributed by atoms with Crippen LogP contribution in [0.4, 0.5) is 4.39 Å². The summed E-state index contributed by atoms with van der Waals surface area (Å²) in [5, 5.41) is 3.33. The fourth-order valence-electron chi connectivity index (χ4n) is 1.60. The lowest BCUT2D eigenvalue weighted by Crippen LogP contribution is -2.32. The molecule has 1 rings (SSSR count). The second-order valence-electron chi connectivity index (χ2n) is 3.80. The van der Waals surface area contributed by atoms with Gasteiger partial charge in [-0.05, 0) is 31.5 Å². The molecule has 2 atom stereocenters. The number of methoxy groups -OCH3 is 1. The highest BCUT2D eigenvalue weighted by atomic mass is 19.1. The Morgan fingerprint density at radius 3 is 2.73 bits per heavy atom. The van der Waals surface area contributed by atoms with Crippen LogP contribution in [-0.2, 0) is 4.74 Å². The number of hydrogen-bond donors (Lipinski definition) is 1.